The van der Waals surface area contributed by atoms with Crippen LogP contribution >= 0.6 is 22.7 Å². The van der Waals surface area contributed by atoms with Crippen LogP contribution in [0.1, 0.15) is 10.4 Å². The zero-order valence-corrected chi connectivity index (χ0v) is 16.8. The summed E-state index contributed by atoms with van der Waals surface area (Å²) in [5.41, 5.74) is 1.10. The summed E-state index contributed by atoms with van der Waals surface area (Å²) in [7, 11) is 4.95. The van der Waals surface area contributed by atoms with Crippen molar-refractivity contribution in [3.63, 3.8) is 0 Å². The quantitative estimate of drug-likeness (QED) is 0.532. The fourth-order valence-electron chi connectivity index (χ4n) is 2.75. The first-order valence-electron chi connectivity index (χ1n) is 8.37. The minimum Gasteiger partial charge on any atom is -0.496 e. The van der Waals surface area contributed by atoms with Crippen LogP contribution in [-0.4, -0.2) is 27.9 Å². The van der Waals surface area contributed by atoms with Gasteiger partial charge < -0.3 is 19.5 Å². The number of nitrogens with one attached hydrogen (secondary N) is 1. The van der Waals surface area contributed by atoms with Gasteiger partial charge in [-0.25, -0.2) is 0 Å². The third kappa shape index (κ3) is 4.38. The van der Waals surface area contributed by atoms with Crippen LogP contribution in [0.5, 0.6) is 17.2 Å². The third-order valence-corrected chi connectivity index (χ3v) is 6.23. The molecule has 0 saturated heterocycles. The van der Waals surface area contributed by atoms with Crippen molar-refractivity contribution in [2.24, 2.45) is 0 Å². The number of rotatable bonds is 9. The Morgan fingerprint density at radius 3 is 2.35 bits per heavy atom. The topological polar surface area (TPSA) is 39.7 Å². The Bertz CT molecular complexity index is 828. The second-order valence-electron chi connectivity index (χ2n) is 5.69. The van der Waals surface area contributed by atoms with Crippen molar-refractivity contribution < 1.29 is 14.2 Å². The van der Waals surface area contributed by atoms with Gasteiger partial charge in [0.2, 0.25) is 0 Å². The van der Waals surface area contributed by atoms with Gasteiger partial charge in [-0.15, -0.1) is 22.7 Å². The Labute approximate surface area is 162 Å². The van der Waals surface area contributed by atoms with Gasteiger partial charge in [-0.1, -0.05) is 6.07 Å². The molecular formula is C20H23NO3S2. The van der Waals surface area contributed by atoms with E-state index < -0.39 is 0 Å². The predicted molar refractivity (Wildman–Crippen MR) is 109 cm³/mol. The van der Waals surface area contributed by atoms with E-state index in [-0.39, 0.29) is 0 Å². The third-order valence-electron chi connectivity index (χ3n) is 4.08. The van der Waals surface area contributed by atoms with E-state index in [0.29, 0.717) is 5.75 Å². The molecule has 2 heterocycles. The average Bonchev–Trinajstić information content (AvgIpc) is 3.36. The van der Waals surface area contributed by atoms with Crippen LogP contribution < -0.4 is 19.5 Å². The molecular weight excluding hydrogens is 366 g/mol. The van der Waals surface area contributed by atoms with E-state index in [1.807, 2.05) is 23.5 Å². The van der Waals surface area contributed by atoms with Crippen molar-refractivity contribution in [3.8, 4) is 27.0 Å². The van der Waals surface area contributed by atoms with Gasteiger partial charge in [0, 0.05) is 27.2 Å². The van der Waals surface area contributed by atoms with Gasteiger partial charge in [0.15, 0.2) is 11.5 Å². The Balaban J connectivity index is 1.56. The molecule has 0 spiro atoms. The van der Waals surface area contributed by atoms with E-state index in [1.165, 1.54) is 14.6 Å². The van der Waals surface area contributed by atoms with Crippen LogP contribution in [0.25, 0.3) is 9.75 Å². The maximum Gasteiger partial charge on any atom is 0.164 e. The van der Waals surface area contributed by atoms with Crippen LogP contribution in [0.4, 0.5) is 0 Å². The van der Waals surface area contributed by atoms with Crippen molar-refractivity contribution in [1.82, 2.24) is 5.32 Å². The zero-order chi connectivity index (χ0) is 18.4. The first kappa shape index (κ1) is 18.8. The molecule has 0 atom stereocenters. The monoisotopic (exact) mass is 389 g/mol. The SMILES string of the molecule is COc1cc(OC)c(OC)cc1CCNCc1ccc(-c2cccs2)s1. The normalized spacial score (nSPS) is 10.7. The molecule has 2 aromatic heterocycles. The molecule has 0 unspecified atom stereocenters. The minimum absolute atomic E-state index is 0.681. The molecule has 0 radical (unpaired) electrons. The zero-order valence-electron chi connectivity index (χ0n) is 15.2. The van der Waals surface area contributed by atoms with Crippen LogP contribution in [0, 0.1) is 0 Å². The highest BCUT2D eigenvalue weighted by atomic mass is 32.1. The molecule has 3 rings (SSSR count). The fraction of sp³-hybridized carbons (Fsp3) is 0.300. The number of hydrogen-bond acceptors (Lipinski definition) is 6. The Morgan fingerprint density at radius 2 is 1.65 bits per heavy atom. The van der Waals surface area contributed by atoms with Crippen LogP contribution in [0.15, 0.2) is 41.8 Å². The summed E-state index contributed by atoms with van der Waals surface area (Å²) in [4.78, 5) is 4.00. The van der Waals surface area contributed by atoms with Gasteiger partial charge in [0.25, 0.3) is 0 Å². The van der Waals surface area contributed by atoms with E-state index in [1.54, 1.807) is 32.7 Å². The molecule has 0 bridgehead atoms. The van der Waals surface area contributed by atoms with Gasteiger partial charge >= 0.3 is 0 Å². The highest BCUT2D eigenvalue weighted by Gasteiger charge is 2.11. The van der Waals surface area contributed by atoms with Gasteiger partial charge in [-0.2, -0.15) is 0 Å². The average molecular weight is 390 g/mol. The van der Waals surface area contributed by atoms with Crippen molar-refractivity contribution in [3.05, 3.63) is 52.2 Å². The molecule has 3 aromatic rings. The van der Waals surface area contributed by atoms with Gasteiger partial charge in [0.05, 0.1) is 21.3 Å². The second-order valence-corrected chi connectivity index (χ2v) is 7.81. The Morgan fingerprint density at radius 1 is 0.885 bits per heavy atom. The molecule has 138 valence electrons. The Hall–Kier alpha value is -2.02. The van der Waals surface area contributed by atoms with E-state index in [4.69, 9.17) is 14.2 Å². The molecule has 0 aliphatic heterocycles. The van der Waals surface area contributed by atoms with E-state index in [0.717, 1.165) is 36.6 Å². The molecule has 0 saturated carbocycles. The van der Waals surface area contributed by atoms with Crippen molar-refractivity contribution >= 4 is 22.7 Å². The summed E-state index contributed by atoms with van der Waals surface area (Å²) in [5.74, 6) is 2.23. The van der Waals surface area contributed by atoms with Gasteiger partial charge in [-0.3, -0.25) is 0 Å². The summed E-state index contributed by atoms with van der Waals surface area (Å²) < 4.78 is 16.2. The number of thiophene rings is 2. The highest BCUT2D eigenvalue weighted by Crippen LogP contribution is 2.35. The first-order valence-corrected chi connectivity index (χ1v) is 10.1. The molecule has 1 aromatic carbocycles. The minimum atomic E-state index is 0.681. The maximum absolute atomic E-state index is 5.49. The van der Waals surface area contributed by atoms with Crippen molar-refractivity contribution in [1.29, 1.82) is 0 Å². The lowest BCUT2D eigenvalue weighted by molar-refractivity contribution is 0.347. The number of hydrogen-bond donors (Lipinski definition) is 1. The van der Waals surface area contributed by atoms with Crippen molar-refractivity contribution in [2.45, 2.75) is 13.0 Å². The molecule has 0 aliphatic carbocycles. The van der Waals surface area contributed by atoms with Gasteiger partial charge in [0.1, 0.15) is 5.75 Å². The van der Waals surface area contributed by atoms with Crippen LogP contribution in [-0.2, 0) is 13.0 Å². The Kier molecular flexibility index (Phi) is 6.55. The van der Waals surface area contributed by atoms with Crippen molar-refractivity contribution in [2.75, 3.05) is 27.9 Å². The molecule has 1 N–H and O–H groups in total. The lowest BCUT2D eigenvalue weighted by Crippen LogP contribution is -2.16. The molecule has 0 fully saturated rings. The lowest BCUT2D eigenvalue weighted by atomic mass is 10.1. The summed E-state index contributed by atoms with van der Waals surface area (Å²) in [6.07, 6.45) is 0.854. The van der Waals surface area contributed by atoms with Crippen LogP contribution in [0.3, 0.4) is 0 Å². The standard InChI is InChI=1S/C20H23NO3S2/c1-22-16-12-18(24-3)17(23-2)11-14(16)8-9-21-13-15-6-7-20(26-15)19-5-4-10-25-19/h4-7,10-12,21H,8-9,13H2,1-3H3. The summed E-state index contributed by atoms with van der Waals surface area (Å²) in [6, 6.07) is 12.5. The predicted octanol–water partition coefficient (Wildman–Crippen LogP) is 4.83. The molecule has 26 heavy (non-hydrogen) atoms. The van der Waals surface area contributed by atoms with E-state index in [2.05, 4.69) is 35.0 Å². The first-order chi connectivity index (χ1) is 12.7. The molecule has 0 amide bonds. The summed E-state index contributed by atoms with van der Waals surface area (Å²) >= 11 is 3.62. The second kappa shape index (κ2) is 9.07. The summed E-state index contributed by atoms with van der Waals surface area (Å²) in [5, 5.41) is 5.63. The summed E-state index contributed by atoms with van der Waals surface area (Å²) in [6.45, 7) is 1.73. The highest BCUT2D eigenvalue weighted by molar-refractivity contribution is 7.21. The molecule has 6 heteroatoms. The molecule has 0 aliphatic rings. The van der Waals surface area contributed by atoms with Crippen LogP contribution in [0.2, 0.25) is 0 Å². The van der Waals surface area contributed by atoms with E-state index >= 15 is 0 Å². The smallest absolute Gasteiger partial charge is 0.164 e. The number of benzene rings is 1. The fourth-order valence-corrected chi connectivity index (χ4v) is 4.56. The van der Waals surface area contributed by atoms with Gasteiger partial charge in [-0.05, 0) is 48.2 Å². The largest absolute Gasteiger partial charge is 0.496 e. The lowest BCUT2D eigenvalue weighted by Gasteiger charge is -2.14. The van der Waals surface area contributed by atoms with E-state index in [9.17, 15) is 0 Å². The number of methoxy groups -OCH3 is 3. The maximum atomic E-state index is 5.49. The molecule has 4 nitrogen and oxygen atoms in total. The number of ether oxygens (including phenoxy) is 3.